The Balaban J connectivity index is 1.49. The maximum atomic E-state index is 13.2. The molecule has 142 valence electrons. The van der Waals surface area contributed by atoms with Crippen molar-refractivity contribution in [2.24, 2.45) is 5.41 Å². The number of amides is 2. The Hall–Kier alpha value is -2.70. The normalized spacial score (nSPS) is 22.7. The fourth-order valence-electron chi connectivity index (χ4n) is 4.28. The van der Waals surface area contributed by atoms with Gasteiger partial charge in [-0.3, -0.25) is 14.6 Å². The molecule has 1 spiro atoms. The molecule has 0 saturated carbocycles. The first kappa shape index (κ1) is 17.7. The molecular formula is C20H24N4O3. The van der Waals surface area contributed by atoms with Crippen LogP contribution in [0.25, 0.3) is 0 Å². The van der Waals surface area contributed by atoms with E-state index in [9.17, 15) is 9.59 Å². The summed E-state index contributed by atoms with van der Waals surface area (Å²) in [5.41, 5.74) is 2.46. The van der Waals surface area contributed by atoms with Gasteiger partial charge in [-0.15, -0.1) is 0 Å². The second kappa shape index (κ2) is 6.79. The minimum atomic E-state index is -0.469. The van der Waals surface area contributed by atoms with Crippen LogP contribution in [0.3, 0.4) is 0 Å². The van der Waals surface area contributed by atoms with Crippen LogP contribution in [-0.4, -0.2) is 51.4 Å². The van der Waals surface area contributed by atoms with Crippen molar-refractivity contribution in [3.05, 3.63) is 47.1 Å². The van der Waals surface area contributed by atoms with Crippen molar-refractivity contribution in [3.8, 4) is 0 Å². The van der Waals surface area contributed by atoms with Crippen LogP contribution >= 0.6 is 0 Å². The standard InChI is InChI=1S/C20H24N4O3/c1-14-5-3-6-16(21-14)11-23-10-8-20(19(23)26)7-4-9-24(13-20)18(25)17-12-27-22-15(17)2/h3,5-6,12H,4,7-11,13H2,1-2H3. The Labute approximate surface area is 158 Å². The minimum Gasteiger partial charge on any atom is -0.364 e. The van der Waals surface area contributed by atoms with Crippen molar-refractivity contribution in [2.75, 3.05) is 19.6 Å². The molecule has 1 atom stereocenters. The number of rotatable bonds is 3. The number of hydrogen-bond acceptors (Lipinski definition) is 5. The first-order valence-corrected chi connectivity index (χ1v) is 9.41. The molecular weight excluding hydrogens is 344 g/mol. The number of carbonyl (C=O) groups excluding carboxylic acids is 2. The fourth-order valence-corrected chi connectivity index (χ4v) is 4.28. The smallest absolute Gasteiger partial charge is 0.259 e. The minimum absolute atomic E-state index is 0.0978. The number of carbonyl (C=O) groups is 2. The monoisotopic (exact) mass is 368 g/mol. The number of aromatic nitrogens is 2. The lowest BCUT2D eigenvalue weighted by atomic mass is 9.78. The van der Waals surface area contributed by atoms with Gasteiger partial charge in [0.15, 0.2) is 0 Å². The SMILES string of the molecule is Cc1cccc(CN2CCC3(CCCN(C(=O)c4conc4C)C3)C2=O)n1. The summed E-state index contributed by atoms with van der Waals surface area (Å²) in [5, 5.41) is 3.80. The van der Waals surface area contributed by atoms with E-state index in [1.807, 2.05) is 30.0 Å². The van der Waals surface area contributed by atoms with Gasteiger partial charge in [-0.05, 0) is 45.2 Å². The van der Waals surface area contributed by atoms with Crippen molar-refractivity contribution >= 4 is 11.8 Å². The maximum Gasteiger partial charge on any atom is 0.259 e. The summed E-state index contributed by atoms with van der Waals surface area (Å²) in [6, 6.07) is 5.88. The van der Waals surface area contributed by atoms with Crippen LogP contribution in [0, 0.1) is 19.3 Å². The van der Waals surface area contributed by atoms with Gasteiger partial charge in [-0.25, -0.2) is 0 Å². The molecule has 27 heavy (non-hydrogen) atoms. The molecule has 1 unspecified atom stereocenters. The topological polar surface area (TPSA) is 79.5 Å². The first-order chi connectivity index (χ1) is 13.0. The Bertz CT molecular complexity index is 878. The largest absolute Gasteiger partial charge is 0.364 e. The predicted molar refractivity (Wildman–Crippen MR) is 97.8 cm³/mol. The molecule has 4 rings (SSSR count). The van der Waals surface area contributed by atoms with Crippen molar-refractivity contribution < 1.29 is 14.1 Å². The Morgan fingerprint density at radius 2 is 2.11 bits per heavy atom. The van der Waals surface area contributed by atoms with Gasteiger partial charge < -0.3 is 14.3 Å². The summed E-state index contributed by atoms with van der Waals surface area (Å²) in [4.78, 5) is 34.2. The molecule has 2 aliphatic rings. The molecule has 2 aromatic rings. The van der Waals surface area contributed by atoms with Gasteiger partial charge in [0.05, 0.1) is 23.3 Å². The van der Waals surface area contributed by atoms with Crippen molar-refractivity contribution in [3.63, 3.8) is 0 Å². The van der Waals surface area contributed by atoms with Crippen molar-refractivity contribution in [2.45, 2.75) is 39.7 Å². The lowest BCUT2D eigenvalue weighted by Crippen LogP contribution is -2.49. The van der Waals surface area contributed by atoms with Crippen LogP contribution in [0.1, 0.15) is 46.7 Å². The van der Waals surface area contributed by atoms with Crippen molar-refractivity contribution in [1.82, 2.24) is 19.9 Å². The molecule has 7 heteroatoms. The summed E-state index contributed by atoms with van der Waals surface area (Å²) in [6.07, 6.45) is 3.84. The van der Waals surface area contributed by atoms with E-state index in [1.165, 1.54) is 6.26 Å². The fraction of sp³-hybridized carbons (Fsp3) is 0.500. The van der Waals surface area contributed by atoms with Gasteiger partial charge in [0, 0.05) is 25.3 Å². The number of aryl methyl sites for hydroxylation is 2. The van der Waals surface area contributed by atoms with Crippen LogP contribution in [0.2, 0.25) is 0 Å². The highest BCUT2D eigenvalue weighted by molar-refractivity contribution is 5.95. The zero-order chi connectivity index (χ0) is 19.0. The molecule has 2 fully saturated rings. The lowest BCUT2D eigenvalue weighted by molar-refractivity contribution is -0.138. The molecule has 0 aliphatic carbocycles. The Kier molecular flexibility index (Phi) is 4.45. The summed E-state index contributed by atoms with van der Waals surface area (Å²) in [7, 11) is 0. The maximum absolute atomic E-state index is 13.2. The van der Waals surface area contributed by atoms with E-state index < -0.39 is 5.41 Å². The quantitative estimate of drug-likeness (QED) is 0.831. The van der Waals surface area contributed by atoms with E-state index >= 15 is 0 Å². The van der Waals surface area contributed by atoms with Gasteiger partial charge in [0.2, 0.25) is 5.91 Å². The van der Waals surface area contributed by atoms with E-state index in [2.05, 4.69) is 10.1 Å². The molecule has 2 saturated heterocycles. The van der Waals surface area contributed by atoms with Crippen LogP contribution in [0.4, 0.5) is 0 Å². The molecule has 2 aromatic heterocycles. The highest BCUT2D eigenvalue weighted by atomic mass is 16.5. The third kappa shape index (κ3) is 3.22. The highest BCUT2D eigenvalue weighted by Gasteiger charge is 2.49. The van der Waals surface area contributed by atoms with E-state index in [4.69, 9.17) is 4.52 Å². The van der Waals surface area contributed by atoms with Crippen LogP contribution in [0.15, 0.2) is 29.0 Å². The third-order valence-corrected chi connectivity index (χ3v) is 5.74. The summed E-state index contributed by atoms with van der Waals surface area (Å²) in [5.74, 6) is 0.0461. The second-order valence-electron chi connectivity index (χ2n) is 7.67. The Morgan fingerprint density at radius 1 is 1.26 bits per heavy atom. The number of nitrogens with zero attached hydrogens (tertiary/aromatic N) is 4. The summed E-state index contributed by atoms with van der Waals surface area (Å²) in [6.45, 7) is 6.08. The van der Waals surface area contributed by atoms with E-state index in [1.54, 1.807) is 11.8 Å². The molecule has 4 heterocycles. The molecule has 0 bridgehead atoms. The van der Waals surface area contributed by atoms with Crippen LogP contribution in [-0.2, 0) is 11.3 Å². The molecule has 0 radical (unpaired) electrons. The highest BCUT2D eigenvalue weighted by Crippen LogP contribution is 2.41. The number of piperidine rings is 1. The van der Waals surface area contributed by atoms with Gasteiger partial charge in [-0.1, -0.05) is 11.2 Å². The van der Waals surface area contributed by atoms with Crippen LogP contribution in [0.5, 0.6) is 0 Å². The van der Waals surface area contributed by atoms with E-state index in [0.29, 0.717) is 37.4 Å². The zero-order valence-corrected chi connectivity index (χ0v) is 15.8. The average Bonchev–Trinajstić information content (AvgIpc) is 3.21. The summed E-state index contributed by atoms with van der Waals surface area (Å²) < 4.78 is 4.91. The predicted octanol–water partition coefficient (Wildman–Crippen LogP) is 2.34. The van der Waals surface area contributed by atoms with Crippen LogP contribution < -0.4 is 0 Å². The molecule has 2 amide bonds. The molecule has 0 N–H and O–H groups in total. The first-order valence-electron chi connectivity index (χ1n) is 9.41. The van der Waals surface area contributed by atoms with Gasteiger partial charge in [0.25, 0.3) is 5.91 Å². The number of hydrogen-bond donors (Lipinski definition) is 0. The Morgan fingerprint density at radius 3 is 2.85 bits per heavy atom. The van der Waals surface area contributed by atoms with Gasteiger partial charge in [-0.2, -0.15) is 0 Å². The summed E-state index contributed by atoms with van der Waals surface area (Å²) >= 11 is 0. The van der Waals surface area contributed by atoms with Crippen molar-refractivity contribution in [1.29, 1.82) is 0 Å². The number of likely N-dealkylation sites (tertiary alicyclic amines) is 2. The molecule has 0 aromatic carbocycles. The zero-order valence-electron chi connectivity index (χ0n) is 15.8. The second-order valence-corrected chi connectivity index (χ2v) is 7.67. The third-order valence-electron chi connectivity index (χ3n) is 5.74. The van der Waals surface area contributed by atoms with E-state index in [0.717, 1.165) is 30.7 Å². The van der Waals surface area contributed by atoms with Gasteiger partial charge >= 0.3 is 0 Å². The lowest BCUT2D eigenvalue weighted by Gasteiger charge is -2.39. The van der Waals surface area contributed by atoms with Gasteiger partial charge in [0.1, 0.15) is 11.8 Å². The van der Waals surface area contributed by atoms with E-state index in [-0.39, 0.29) is 11.8 Å². The average molecular weight is 368 g/mol. The molecule has 7 nitrogen and oxygen atoms in total. The number of pyridine rings is 1. The molecule has 2 aliphatic heterocycles.